The number of anilines is 2. The first-order chi connectivity index (χ1) is 20.7. The zero-order valence-corrected chi connectivity index (χ0v) is 26.0. The second-order valence-electron chi connectivity index (χ2n) is 11.4. The monoisotopic (exact) mass is 675 g/mol. The number of aliphatic hydroxyl groups excluding tert-OH is 1. The lowest BCUT2D eigenvalue weighted by atomic mass is 9.97. The van der Waals surface area contributed by atoms with E-state index >= 15 is 0 Å². The number of hydrazine groups is 1. The number of hydrogen-bond acceptors (Lipinski definition) is 7. The lowest BCUT2D eigenvalue weighted by molar-refractivity contribution is -0.138. The number of aromatic nitrogens is 3. The summed E-state index contributed by atoms with van der Waals surface area (Å²) in [4.78, 5) is 29.4. The number of nitrogen functional groups attached to an aromatic ring is 1. The van der Waals surface area contributed by atoms with E-state index in [0.29, 0.717) is 40.4 Å². The van der Waals surface area contributed by atoms with Gasteiger partial charge in [-0.25, -0.2) is 10.4 Å². The minimum atomic E-state index is -4.64. The smallest absolute Gasteiger partial charge is 0.397 e. The number of alkyl halides is 3. The van der Waals surface area contributed by atoms with E-state index in [1.54, 1.807) is 40.4 Å². The molecular formula is C30H33BrF3N7O3. The van der Waals surface area contributed by atoms with Crippen LogP contribution in [-0.4, -0.2) is 49.3 Å². The van der Waals surface area contributed by atoms with Crippen LogP contribution in [0.5, 0.6) is 0 Å². The van der Waals surface area contributed by atoms with Gasteiger partial charge >= 0.3 is 6.18 Å². The van der Waals surface area contributed by atoms with Crippen LogP contribution in [0.2, 0.25) is 0 Å². The Bertz CT molecular complexity index is 1800. The van der Waals surface area contributed by atoms with Crippen molar-refractivity contribution in [3.05, 3.63) is 85.4 Å². The molecule has 0 fully saturated rings. The molecular weight excluding hydrogens is 643 g/mol. The third-order valence-corrected chi connectivity index (χ3v) is 8.46. The lowest BCUT2D eigenvalue weighted by Crippen LogP contribution is -2.46. The number of halogens is 4. The Hall–Kier alpha value is -3.88. The number of carbonyl (C=O) groups excluding carboxylic acids is 1. The molecule has 5 N–H and O–H groups in total. The molecule has 2 aromatic heterocycles. The van der Waals surface area contributed by atoms with Crippen molar-refractivity contribution in [2.24, 2.45) is 11.8 Å². The quantitative estimate of drug-likeness (QED) is 0.151. The molecule has 1 unspecified atom stereocenters. The maximum absolute atomic E-state index is 14.3. The number of hydrogen-bond donors (Lipinski definition) is 3. The summed E-state index contributed by atoms with van der Waals surface area (Å²) < 4.78 is 43.8. The fourth-order valence-electron chi connectivity index (χ4n) is 5.69. The number of aliphatic hydroxyl groups is 1. The summed E-state index contributed by atoms with van der Waals surface area (Å²) in [7, 11) is 0. The van der Waals surface area contributed by atoms with Gasteiger partial charge in [0.2, 0.25) is 0 Å². The molecule has 1 aliphatic rings. The first kappa shape index (κ1) is 31.5. The molecule has 1 amide bonds. The second-order valence-corrected chi connectivity index (χ2v) is 12.3. The van der Waals surface area contributed by atoms with Gasteiger partial charge < -0.3 is 20.7 Å². The van der Waals surface area contributed by atoms with Gasteiger partial charge in [-0.05, 0) is 62.1 Å². The molecule has 10 nitrogen and oxygen atoms in total. The molecule has 2 aromatic carbocycles. The Morgan fingerprint density at radius 1 is 1.23 bits per heavy atom. The largest absolute Gasteiger partial charge is 0.417 e. The predicted molar refractivity (Wildman–Crippen MR) is 165 cm³/mol. The molecule has 0 bridgehead atoms. The highest BCUT2D eigenvalue weighted by molar-refractivity contribution is 9.10. The first-order valence-corrected chi connectivity index (χ1v) is 14.9. The van der Waals surface area contributed by atoms with Crippen molar-refractivity contribution in [3.63, 3.8) is 0 Å². The molecule has 1 aliphatic heterocycles. The fourth-order valence-corrected chi connectivity index (χ4v) is 6.16. The standard InChI is InChI=1S/C30H33BrF3N7O3/c1-16(2)10-19-14-37-41-26-15-38(28(43)18-4-6-23(31)22(12-18)30(32,33)34)17(3)11-21(26)29(44)40(27(19)41)20-5-7-25(24(35)13-20)39(36)8-9-42/h4-7,12-14,16-17,42H,8-11,15,35-36H2,1-3H3. The molecule has 0 radical (unpaired) electrons. The number of nitrogens with zero attached hydrogens (tertiary/aromatic N) is 5. The Morgan fingerprint density at radius 3 is 2.59 bits per heavy atom. The minimum Gasteiger partial charge on any atom is -0.397 e. The van der Waals surface area contributed by atoms with Gasteiger partial charge in [0.25, 0.3) is 11.5 Å². The number of carbonyl (C=O) groups is 1. The third-order valence-electron chi connectivity index (χ3n) is 7.77. The van der Waals surface area contributed by atoms with E-state index in [9.17, 15) is 27.9 Å². The third kappa shape index (κ3) is 5.69. The van der Waals surface area contributed by atoms with Crippen molar-refractivity contribution >= 4 is 38.9 Å². The van der Waals surface area contributed by atoms with E-state index in [0.717, 1.165) is 11.6 Å². The van der Waals surface area contributed by atoms with E-state index in [-0.39, 0.29) is 47.6 Å². The van der Waals surface area contributed by atoms with Gasteiger partial charge in [0.1, 0.15) is 5.65 Å². The van der Waals surface area contributed by atoms with Gasteiger partial charge in [0.05, 0.1) is 54.2 Å². The molecule has 0 saturated carbocycles. The van der Waals surface area contributed by atoms with Gasteiger partial charge in [-0.2, -0.15) is 18.3 Å². The van der Waals surface area contributed by atoms with E-state index in [4.69, 9.17) is 11.6 Å². The molecule has 0 spiro atoms. The van der Waals surface area contributed by atoms with Gasteiger partial charge in [-0.1, -0.05) is 29.8 Å². The SMILES string of the molecule is CC(C)Cc1cnn2c3c(c(=O)n(-c4ccc(N(N)CCO)c(N)c4)c12)CC(C)N(C(=O)c1ccc(Br)c(C(F)(F)F)c1)C3. The zero-order chi connectivity index (χ0) is 32.1. The normalized spacial score (nSPS) is 15.2. The summed E-state index contributed by atoms with van der Waals surface area (Å²) in [6, 6.07) is 7.95. The van der Waals surface area contributed by atoms with Crippen molar-refractivity contribution in [1.82, 2.24) is 19.1 Å². The summed E-state index contributed by atoms with van der Waals surface area (Å²) in [5.41, 5.74) is 8.55. The molecule has 44 heavy (non-hydrogen) atoms. The van der Waals surface area contributed by atoms with E-state index in [1.165, 1.54) is 22.0 Å². The van der Waals surface area contributed by atoms with Crippen molar-refractivity contribution in [1.29, 1.82) is 0 Å². The summed E-state index contributed by atoms with van der Waals surface area (Å²) in [5, 5.41) is 15.2. The number of rotatable bonds is 7. The van der Waals surface area contributed by atoms with Gasteiger partial charge in [-0.3, -0.25) is 14.2 Å². The molecule has 5 rings (SSSR count). The van der Waals surface area contributed by atoms with Crippen LogP contribution in [0.15, 0.2) is 51.9 Å². The van der Waals surface area contributed by atoms with E-state index < -0.39 is 23.7 Å². The summed E-state index contributed by atoms with van der Waals surface area (Å²) in [6.07, 6.45) is -2.17. The average molecular weight is 677 g/mol. The Labute approximate surface area is 259 Å². The van der Waals surface area contributed by atoms with Crippen LogP contribution in [0.4, 0.5) is 24.5 Å². The van der Waals surface area contributed by atoms with Crippen molar-refractivity contribution in [2.75, 3.05) is 23.9 Å². The van der Waals surface area contributed by atoms with Crippen LogP contribution in [0.3, 0.4) is 0 Å². The molecule has 4 aromatic rings. The number of benzene rings is 2. The van der Waals surface area contributed by atoms with Crippen molar-refractivity contribution in [2.45, 2.75) is 52.4 Å². The van der Waals surface area contributed by atoms with Gasteiger partial charge in [0.15, 0.2) is 0 Å². The Balaban J connectivity index is 1.64. The van der Waals surface area contributed by atoms with Crippen LogP contribution in [-0.2, 0) is 25.6 Å². The van der Waals surface area contributed by atoms with Crippen LogP contribution in [0.1, 0.15) is 53.5 Å². The Morgan fingerprint density at radius 2 is 1.95 bits per heavy atom. The first-order valence-electron chi connectivity index (χ1n) is 14.1. The van der Waals surface area contributed by atoms with E-state index in [1.807, 2.05) is 13.8 Å². The average Bonchev–Trinajstić information content (AvgIpc) is 3.35. The van der Waals surface area contributed by atoms with Gasteiger partial charge in [0, 0.05) is 27.2 Å². The van der Waals surface area contributed by atoms with Crippen LogP contribution in [0.25, 0.3) is 11.3 Å². The minimum absolute atomic E-state index is 0.0213. The van der Waals surface area contributed by atoms with E-state index in [2.05, 4.69) is 21.0 Å². The van der Waals surface area contributed by atoms with Crippen LogP contribution in [0, 0.1) is 5.92 Å². The molecule has 0 saturated heterocycles. The predicted octanol–water partition coefficient (Wildman–Crippen LogP) is 4.31. The lowest BCUT2D eigenvalue weighted by Gasteiger charge is -2.35. The molecule has 1 atom stereocenters. The molecule has 0 aliphatic carbocycles. The second kappa shape index (κ2) is 11.9. The Kier molecular flexibility index (Phi) is 8.53. The van der Waals surface area contributed by atoms with Gasteiger partial charge in [-0.15, -0.1) is 0 Å². The van der Waals surface area contributed by atoms with Crippen molar-refractivity contribution in [3.8, 4) is 5.69 Å². The highest BCUT2D eigenvalue weighted by Crippen LogP contribution is 2.36. The summed E-state index contributed by atoms with van der Waals surface area (Å²) in [5.74, 6) is 5.68. The van der Waals surface area contributed by atoms with Crippen molar-refractivity contribution < 1.29 is 23.1 Å². The fraction of sp³-hybridized carbons (Fsp3) is 0.367. The maximum atomic E-state index is 14.3. The number of amides is 1. The number of fused-ring (bicyclic) bond motifs is 3. The maximum Gasteiger partial charge on any atom is 0.417 e. The molecule has 3 heterocycles. The van der Waals surface area contributed by atoms with Crippen LogP contribution < -0.4 is 22.1 Å². The topological polar surface area (TPSA) is 135 Å². The van der Waals surface area contributed by atoms with Crippen LogP contribution >= 0.6 is 15.9 Å². The highest BCUT2D eigenvalue weighted by Gasteiger charge is 2.36. The number of nitrogens with two attached hydrogens (primary N) is 2. The molecule has 234 valence electrons. The summed E-state index contributed by atoms with van der Waals surface area (Å²) >= 11 is 2.93. The zero-order valence-electron chi connectivity index (χ0n) is 24.4. The molecule has 14 heteroatoms. The highest BCUT2D eigenvalue weighted by atomic mass is 79.9. The summed E-state index contributed by atoms with van der Waals surface area (Å²) in [6.45, 7) is 5.83.